The van der Waals surface area contributed by atoms with Crippen LogP contribution in [0.1, 0.15) is 17.3 Å². The largest absolute Gasteiger partial charge is 0.449 e. The lowest BCUT2D eigenvalue weighted by Crippen LogP contribution is -2.29. The number of benzene rings is 2. The van der Waals surface area contributed by atoms with Gasteiger partial charge in [0.2, 0.25) is 0 Å². The number of carbonyl (C=O) groups excluding carboxylic acids is 2. The van der Waals surface area contributed by atoms with Gasteiger partial charge in [-0.1, -0.05) is 0 Å². The summed E-state index contributed by atoms with van der Waals surface area (Å²) in [6.07, 6.45) is -1.19. The van der Waals surface area contributed by atoms with Crippen molar-refractivity contribution in [2.75, 3.05) is 5.32 Å². The van der Waals surface area contributed by atoms with Gasteiger partial charge in [0, 0.05) is 10.9 Å². The molecule has 0 bridgehead atoms. The number of thiazole rings is 1. The Balaban J connectivity index is 1.58. The zero-order valence-electron chi connectivity index (χ0n) is 15.8. The Morgan fingerprint density at radius 3 is 2.42 bits per heavy atom. The first-order valence-electron chi connectivity index (χ1n) is 8.70. The summed E-state index contributed by atoms with van der Waals surface area (Å²) >= 11 is 1.05. The Hall–Kier alpha value is -3.47. The van der Waals surface area contributed by atoms with E-state index in [2.05, 4.69) is 15.0 Å². The van der Waals surface area contributed by atoms with Gasteiger partial charge in [-0.2, -0.15) is 8.78 Å². The number of hydrogen-bond acceptors (Lipinski definition) is 6. The van der Waals surface area contributed by atoms with Gasteiger partial charge < -0.3 is 9.47 Å². The second-order valence-electron chi connectivity index (χ2n) is 6.11. The molecule has 2 aromatic carbocycles. The molecule has 0 aliphatic rings. The van der Waals surface area contributed by atoms with Crippen LogP contribution in [0.2, 0.25) is 0 Å². The molecule has 1 atom stereocenters. The highest BCUT2D eigenvalue weighted by Gasteiger charge is 2.20. The van der Waals surface area contributed by atoms with Gasteiger partial charge in [0.1, 0.15) is 5.75 Å². The summed E-state index contributed by atoms with van der Waals surface area (Å²) in [4.78, 5) is 28.5. The van der Waals surface area contributed by atoms with Gasteiger partial charge in [0.15, 0.2) is 22.9 Å². The van der Waals surface area contributed by atoms with E-state index < -0.39 is 36.2 Å². The van der Waals surface area contributed by atoms with Crippen molar-refractivity contribution in [3.8, 4) is 17.0 Å². The normalized spacial score (nSPS) is 11.8. The number of ether oxygens (including phenoxy) is 2. The van der Waals surface area contributed by atoms with Crippen LogP contribution in [0.4, 0.5) is 22.7 Å². The number of aromatic nitrogens is 1. The number of nitrogens with zero attached hydrogens (tertiary/aromatic N) is 1. The van der Waals surface area contributed by atoms with E-state index in [4.69, 9.17) is 4.74 Å². The van der Waals surface area contributed by atoms with Gasteiger partial charge in [-0.05, 0) is 49.4 Å². The molecule has 0 saturated heterocycles. The molecule has 6 nitrogen and oxygen atoms in total. The van der Waals surface area contributed by atoms with Crippen molar-refractivity contribution in [1.82, 2.24) is 4.98 Å². The van der Waals surface area contributed by atoms with E-state index in [1.54, 1.807) is 5.38 Å². The molecule has 1 amide bonds. The monoisotopic (exact) mass is 454 g/mol. The van der Waals surface area contributed by atoms with E-state index in [9.17, 15) is 27.2 Å². The molecule has 0 radical (unpaired) electrons. The minimum absolute atomic E-state index is 0.0381. The lowest BCUT2D eigenvalue weighted by atomic mass is 10.2. The molecule has 0 aliphatic heterocycles. The van der Waals surface area contributed by atoms with Gasteiger partial charge in [0.25, 0.3) is 5.91 Å². The summed E-state index contributed by atoms with van der Waals surface area (Å²) in [6.45, 7) is -1.65. The van der Waals surface area contributed by atoms with Crippen LogP contribution >= 0.6 is 11.3 Å². The number of hydrogen-bond donors (Lipinski definition) is 1. The zero-order valence-corrected chi connectivity index (χ0v) is 16.6. The first-order chi connectivity index (χ1) is 14.7. The fourth-order valence-electron chi connectivity index (χ4n) is 2.38. The van der Waals surface area contributed by atoms with Crippen molar-refractivity contribution in [2.45, 2.75) is 19.6 Å². The number of rotatable bonds is 7. The highest BCUT2D eigenvalue weighted by molar-refractivity contribution is 7.14. The second kappa shape index (κ2) is 9.56. The number of amides is 1. The summed E-state index contributed by atoms with van der Waals surface area (Å²) in [5.41, 5.74) is 0.695. The number of anilines is 1. The fraction of sp³-hybridized carbons (Fsp3) is 0.150. The van der Waals surface area contributed by atoms with Gasteiger partial charge in [-0.15, -0.1) is 11.3 Å². The van der Waals surface area contributed by atoms with E-state index in [1.165, 1.54) is 37.3 Å². The van der Waals surface area contributed by atoms with E-state index in [0.717, 1.165) is 23.5 Å². The lowest BCUT2D eigenvalue weighted by molar-refractivity contribution is -0.123. The molecule has 31 heavy (non-hydrogen) atoms. The average molecular weight is 454 g/mol. The summed E-state index contributed by atoms with van der Waals surface area (Å²) in [7, 11) is 0. The average Bonchev–Trinajstić information content (AvgIpc) is 3.18. The smallest absolute Gasteiger partial charge is 0.387 e. The number of halogens is 4. The first kappa shape index (κ1) is 22.2. The SMILES string of the molecule is CC(OC(=O)c1ccc(OC(F)F)cc1)C(=O)Nc1nc(-c2ccc(F)c(F)c2)cs1. The molecule has 0 aliphatic carbocycles. The van der Waals surface area contributed by atoms with Gasteiger partial charge in [0.05, 0.1) is 11.3 Å². The third-order valence-corrected chi connectivity index (χ3v) is 4.68. The Bertz CT molecular complexity index is 1090. The molecule has 1 heterocycles. The van der Waals surface area contributed by atoms with E-state index in [-0.39, 0.29) is 16.4 Å². The molecule has 162 valence electrons. The predicted molar refractivity (Wildman–Crippen MR) is 104 cm³/mol. The fourth-order valence-corrected chi connectivity index (χ4v) is 3.10. The topological polar surface area (TPSA) is 77.5 Å². The van der Waals surface area contributed by atoms with Crippen LogP contribution in [0.3, 0.4) is 0 Å². The Morgan fingerprint density at radius 1 is 1.06 bits per heavy atom. The molecular weight excluding hydrogens is 440 g/mol. The van der Waals surface area contributed by atoms with Gasteiger partial charge >= 0.3 is 12.6 Å². The maximum Gasteiger partial charge on any atom is 0.387 e. The van der Waals surface area contributed by atoms with Crippen LogP contribution in [0, 0.1) is 11.6 Å². The van der Waals surface area contributed by atoms with E-state index >= 15 is 0 Å². The van der Waals surface area contributed by atoms with Crippen molar-refractivity contribution in [2.24, 2.45) is 0 Å². The van der Waals surface area contributed by atoms with Crippen LogP contribution in [-0.4, -0.2) is 29.6 Å². The molecule has 0 saturated carbocycles. The Morgan fingerprint density at radius 2 is 1.77 bits per heavy atom. The summed E-state index contributed by atoms with van der Waals surface area (Å²) in [5, 5.41) is 4.18. The van der Waals surface area contributed by atoms with Crippen LogP contribution in [-0.2, 0) is 9.53 Å². The maximum absolute atomic E-state index is 13.4. The maximum atomic E-state index is 13.4. The Kier molecular flexibility index (Phi) is 6.85. The first-order valence-corrected chi connectivity index (χ1v) is 9.58. The van der Waals surface area contributed by atoms with E-state index in [0.29, 0.717) is 11.3 Å². The minimum Gasteiger partial charge on any atom is -0.449 e. The van der Waals surface area contributed by atoms with Crippen LogP contribution in [0.5, 0.6) is 5.75 Å². The third-order valence-electron chi connectivity index (χ3n) is 3.92. The number of esters is 1. The summed E-state index contributed by atoms with van der Waals surface area (Å²) < 4.78 is 60.0. The molecule has 1 aromatic heterocycles. The van der Waals surface area contributed by atoms with Crippen LogP contribution in [0.25, 0.3) is 11.3 Å². The lowest BCUT2D eigenvalue weighted by Gasteiger charge is -2.12. The standard InChI is InChI=1S/C20H14F4N2O4S/c1-10(29-18(28)11-2-5-13(6-3-11)30-19(23)24)17(27)26-20-25-16(9-31-20)12-4-7-14(21)15(22)8-12/h2-10,19H,1H3,(H,25,26,27). The van der Waals surface area contributed by atoms with Crippen molar-refractivity contribution in [1.29, 1.82) is 0 Å². The molecule has 0 fully saturated rings. The van der Waals surface area contributed by atoms with Gasteiger partial charge in [-0.3, -0.25) is 10.1 Å². The molecule has 11 heteroatoms. The summed E-state index contributed by atoms with van der Waals surface area (Å²) in [6, 6.07) is 8.08. The molecular formula is C20H14F4N2O4S. The molecule has 0 spiro atoms. The van der Waals surface area contributed by atoms with Crippen molar-refractivity contribution >= 4 is 28.3 Å². The molecule has 1 N–H and O–H groups in total. The molecule has 3 rings (SSSR count). The third kappa shape index (κ3) is 5.79. The van der Waals surface area contributed by atoms with E-state index in [1.807, 2.05) is 0 Å². The highest BCUT2D eigenvalue weighted by atomic mass is 32.1. The summed E-state index contributed by atoms with van der Waals surface area (Å²) in [5.74, 6) is -3.65. The number of carbonyl (C=O) groups is 2. The van der Waals surface area contributed by atoms with Gasteiger partial charge in [-0.25, -0.2) is 18.6 Å². The zero-order chi connectivity index (χ0) is 22.5. The number of nitrogens with one attached hydrogen (secondary N) is 1. The Labute approximate surface area is 177 Å². The quantitative estimate of drug-likeness (QED) is 0.407. The van der Waals surface area contributed by atoms with Crippen molar-refractivity contribution in [3.63, 3.8) is 0 Å². The van der Waals surface area contributed by atoms with Crippen LogP contribution in [0.15, 0.2) is 47.8 Å². The molecule has 1 unspecified atom stereocenters. The van der Waals surface area contributed by atoms with Crippen molar-refractivity contribution < 1.29 is 36.6 Å². The van der Waals surface area contributed by atoms with Crippen molar-refractivity contribution in [3.05, 3.63) is 65.0 Å². The number of alkyl halides is 2. The minimum atomic E-state index is -2.99. The second-order valence-corrected chi connectivity index (χ2v) is 6.96. The highest BCUT2D eigenvalue weighted by Crippen LogP contribution is 2.26. The predicted octanol–water partition coefficient (Wildman–Crippen LogP) is 4.87. The van der Waals surface area contributed by atoms with Crippen LogP contribution < -0.4 is 10.1 Å². The molecule has 3 aromatic rings.